The van der Waals surface area contributed by atoms with Crippen LogP contribution in [0.5, 0.6) is 0 Å². The fourth-order valence-corrected chi connectivity index (χ4v) is 5.85. The van der Waals surface area contributed by atoms with Crippen molar-refractivity contribution in [3.05, 3.63) is 98.4 Å². The maximum absolute atomic E-state index is 13.5. The van der Waals surface area contributed by atoms with Crippen LogP contribution in [0.15, 0.2) is 82.2 Å². The summed E-state index contributed by atoms with van der Waals surface area (Å²) in [5, 5.41) is 3.17. The normalized spacial score (nSPS) is 12.5. The first-order valence-corrected chi connectivity index (χ1v) is 13.2. The van der Waals surface area contributed by atoms with Crippen LogP contribution in [-0.4, -0.2) is 31.7 Å². The molecule has 1 amide bonds. The Labute approximate surface area is 212 Å². The number of hydrogen-bond acceptors (Lipinski definition) is 3. The molecule has 1 atom stereocenters. The van der Waals surface area contributed by atoms with Gasteiger partial charge in [-0.25, -0.2) is 8.42 Å². The van der Waals surface area contributed by atoms with Crippen molar-refractivity contribution in [1.82, 2.24) is 9.62 Å². The first-order valence-electron chi connectivity index (χ1n) is 10.2. The van der Waals surface area contributed by atoms with Crippen LogP contribution in [0, 0.1) is 0 Å². The predicted molar refractivity (Wildman–Crippen MR) is 136 cm³/mol. The Kier molecular flexibility index (Phi) is 8.95. The standard InChI is InChI=1S/C24H23BrCl2N2O3S/c1-17(19-8-5-9-20(25)14-19)28-24(30)16-29(13-12-18-6-3-2-4-7-18)33(31,32)23-15-21(26)10-11-22(23)27/h2-11,14-15,17H,12-13,16H2,1H3,(H,28,30)/t17-/m1/s1. The lowest BCUT2D eigenvalue weighted by Gasteiger charge is -2.24. The molecule has 0 radical (unpaired) electrons. The van der Waals surface area contributed by atoms with E-state index in [2.05, 4.69) is 21.2 Å². The van der Waals surface area contributed by atoms with Gasteiger partial charge in [0.2, 0.25) is 15.9 Å². The maximum atomic E-state index is 13.5. The van der Waals surface area contributed by atoms with Gasteiger partial charge in [-0.3, -0.25) is 4.79 Å². The predicted octanol–water partition coefficient (Wildman–Crippen LogP) is 5.87. The first-order chi connectivity index (χ1) is 15.7. The number of nitrogens with zero attached hydrogens (tertiary/aromatic N) is 1. The molecule has 0 aliphatic carbocycles. The molecule has 9 heteroatoms. The summed E-state index contributed by atoms with van der Waals surface area (Å²) in [6.07, 6.45) is 0.437. The number of nitrogens with one attached hydrogen (secondary N) is 1. The highest BCUT2D eigenvalue weighted by molar-refractivity contribution is 9.10. The van der Waals surface area contributed by atoms with Crippen LogP contribution in [-0.2, 0) is 21.2 Å². The number of benzene rings is 3. The Hall–Kier alpha value is -1.90. The topological polar surface area (TPSA) is 66.5 Å². The molecule has 0 saturated heterocycles. The van der Waals surface area contributed by atoms with Gasteiger partial charge in [0.15, 0.2) is 0 Å². The summed E-state index contributed by atoms with van der Waals surface area (Å²) in [5.74, 6) is -0.419. The average molecular weight is 570 g/mol. The van der Waals surface area contributed by atoms with E-state index in [9.17, 15) is 13.2 Å². The van der Waals surface area contributed by atoms with Gasteiger partial charge in [0.1, 0.15) is 4.90 Å². The third-order valence-electron chi connectivity index (χ3n) is 5.05. The molecule has 0 aliphatic heterocycles. The van der Waals surface area contributed by atoms with Gasteiger partial charge in [-0.2, -0.15) is 4.31 Å². The zero-order chi connectivity index (χ0) is 24.0. The van der Waals surface area contributed by atoms with Gasteiger partial charge in [-0.15, -0.1) is 0 Å². The minimum atomic E-state index is -4.08. The lowest BCUT2D eigenvalue weighted by molar-refractivity contribution is -0.121. The van der Waals surface area contributed by atoms with Crippen LogP contribution in [0.25, 0.3) is 0 Å². The van der Waals surface area contributed by atoms with E-state index in [1.54, 1.807) is 0 Å². The molecule has 0 spiro atoms. The van der Waals surface area contributed by atoms with Crippen LogP contribution < -0.4 is 5.32 Å². The number of halogens is 3. The highest BCUT2D eigenvalue weighted by Gasteiger charge is 2.29. The van der Waals surface area contributed by atoms with Crippen molar-refractivity contribution in [3.63, 3.8) is 0 Å². The van der Waals surface area contributed by atoms with Gasteiger partial charge in [0.05, 0.1) is 17.6 Å². The van der Waals surface area contributed by atoms with E-state index in [0.717, 1.165) is 19.9 Å². The van der Waals surface area contributed by atoms with Crippen molar-refractivity contribution >= 4 is 55.1 Å². The fourth-order valence-electron chi connectivity index (χ4n) is 3.30. The zero-order valence-electron chi connectivity index (χ0n) is 17.8. The number of amides is 1. The summed E-state index contributed by atoms with van der Waals surface area (Å²) in [6.45, 7) is 1.60. The summed E-state index contributed by atoms with van der Waals surface area (Å²) in [7, 11) is -4.08. The number of rotatable bonds is 9. The highest BCUT2D eigenvalue weighted by Crippen LogP contribution is 2.28. The second-order valence-electron chi connectivity index (χ2n) is 7.49. The molecular formula is C24H23BrCl2N2O3S. The van der Waals surface area contributed by atoms with E-state index >= 15 is 0 Å². The van der Waals surface area contributed by atoms with E-state index in [1.807, 2.05) is 61.5 Å². The number of sulfonamides is 1. The Morgan fingerprint density at radius 2 is 1.76 bits per heavy atom. The van der Waals surface area contributed by atoms with Crippen LogP contribution in [0.4, 0.5) is 0 Å². The lowest BCUT2D eigenvalue weighted by Crippen LogP contribution is -2.42. The highest BCUT2D eigenvalue weighted by atomic mass is 79.9. The van der Waals surface area contributed by atoms with E-state index in [-0.39, 0.29) is 34.1 Å². The molecule has 0 saturated carbocycles. The van der Waals surface area contributed by atoms with Gasteiger partial charge in [0.25, 0.3) is 0 Å². The number of hydrogen-bond donors (Lipinski definition) is 1. The molecule has 3 aromatic rings. The third-order valence-corrected chi connectivity index (χ3v) is 8.10. The van der Waals surface area contributed by atoms with E-state index in [4.69, 9.17) is 23.2 Å². The molecule has 3 rings (SSSR count). The monoisotopic (exact) mass is 568 g/mol. The smallest absolute Gasteiger partial charge is 0.245 e. The van der Waals surface area contributed by atoms with Gasteiger partial charge in [0, 0.05) is 16.0 Å². The molecule has 174 valence electrons. The quantitative estimate of drug-likeness (QED) is 0.350. The molecule has 5 nitrogen and oxygen atoms in total. The Morgan fingerprint density at radius 1 is 1.03 bits per heavy atom. The largest absolute Gasteiger partial charge is 0.348 e. The van der Waals surface area contributed by atoms with Crippen molar-refractivity contribution < 1.29 is 13.2 Å². The molecule has 0 bridgehead atoms. The summed E-state index contributed by atoms with van der Waals surface area (Å²) in [6, 6.07) is 21.0. The second kappa shape index (κ2) is 11.5. The SMILES string of the molecule is C[C@@H](NC(=O)CN(CCc1ccccc1)S(=O)(=O)c1cc(Cl)ccc1Cl)c1cccc(Br)c1. The second-order valence-corrected chi connectivity index (χ2v) is 11.2. The molecule has 33 heavy (non-hydrogen) atoms. The minimum absolute atomic E-state index is 0.0482. The first kappa shape index (κ1) is 25.7. The summed E-state index contributed by atoms with van der Waals surface area (Å²) < 4.78 is 29.0. The third kappa shape index (κ3) is 7.04. The van der Waals surface area contributed by atoms with Gasteiger partial charge >= 0.3 is 0 Å². The van der Waals surface area contributed by atoms with E-state index in [0.29, 0.717) is 6.42 Å². The molecule has 0 fully saturated rings. The van der Waals surface area contributed by atoms with Crippen LogP contribution in [0.3, 0.4) is 0 Å². The Bertz CT molecular complexity index is 1220. The fraction of sp³-hybridized carbons (Fsp3) is 0.208. The molecule has 0 aliphatic rings. The minimum Gasteiger partial charge on any atom is -0.348 e. The maximum Gasteiger partial charge on any atom is 0.245 e. The average Bonchev–Trinajstić information content (AvgIpc) is 2.78. The zero-order valence-corrected chi connectivity index (χ0v) is 21.8. The van der Waals surface area contributed by atoms with E-state index < -0.39 is 15.9 Å². The van der Waals surface area contributed by atoms with Crippen molar-refractivity contribution in [2.45, 2.75) is 24.3 Å². The molecule has 0 unspecified atom stereocenters. The van der Waals surface area contributed by atoms with E-state index in [1.165, 1.54) is 18.2 Å². The molecule has 3 aromatic carbocycles. The van der Waals surface area contributed by atoms with Gasteiger partial charge < -0.3 is 5.32 Å². The van der Waals surface area contributed by atoms with Crippen molar-refractivity contribution in [2.24, 2.45) is 0 Å². The van der Waals surface area contributed by atoms with Gasteiger partial charge in [-0.1, -0.05) is 81.6 Å². The number of carbonyl (C=O) groups is 1. The van der Waals surface area contributed by atoms with Crippen LogP contribution >= 0.6 is 39.1 Å². The summed E-state index contributed by atoms with van der Waals surface area (Å²) in [4.78, 5) is 12.7. The van der Waals surface area contributed by atoms with Crippen molar-refractivity contribution in [2.75, 3.05) is 13.1 Å². The molecule has 0 aromatic heterocycles. The van der Waals surface area contributed by atoms with Crippen LogP contribution in [0.1, 0.15) is 24.1 Å². The number of carbonyl (C=O) groups excluding carboxylic acids is 1. The van der Waals surface area contributed by atoms with Crippen molar-refractivity contribution in [1.29, 1.82) is 0 Å². The summed E-state index contributed by atoms with van der Waals surface area (Å²) >= 11 is 15.6. The Balaban J connectivity index is 1.83. The van der Waals surface area contributed by atoms with Crippen molar-refractivity contribution in [3.8, 4) is 0 Å². The molecular weight excluding hydrogens is 547 g/mol. The lowest BCUT2D eigenvalue weighted by atomic mass is 10.1. The Morgan fingerprint density at radius 3 is 2.45 bits per heavy atom. The molecule has 1 N–H and O–H groups in total. The molecule has 0 heterocycles. The van der Waals surface area contributed by atoms with Crippen LogP contribution in [0.2, 0.25) is 10.0 Å². The summed E-state index contributed by atoms with van der Waals surface area (Å²) in [5.41, 5.74) is 1.85. The van der Waals surface area contributed by atoms with Gasteiger partial charge in [-0.05, 0) is 54.8 Å².